The monoisotopic (exact) mass is 652 g/mol. The van der Waals surface area contributed by atoms with E-state index in [1.807, 2.05) is 57.8 Å². The van der Waals surface area contributed by atoms with Gasteiger partial charge in [0, 0.05) is 57.0 Å². The van der Waals surface area contributed by atoms with E-state index in [4.69, 9.17) is 36.1 Å². The lowest BCUT2D eigenvalue weighted by atomic mass is 9.97. The first-order valence-electron chi connectivity index (χ1n) is 15.9. The molecule has 0 unspecified atom stereocenters. The molecule has 2 saturated heterocycles. The highest BCUT2D eigenvalue weighted by Gasteiger charge is 2.43. The molecule has 2 fully saturated rings. The van der Waals surface area contributed by atoms with Gasteiger partial charge in [0.2, 0.25) is 0 Å². The lowest BCUT2D eigenvalue weighted by molar-refractivity contribution is 0.0492. The van der Waals surface area contributed by atoms with Gasteiger partial charge in [-0.25, -0.2) is 19.4 Å². The first-order valence-corrected chi connectivity index (χ1v) is 20.0. The van der Waals surface area contributed by atoms with E-state index < -0.39 is 13.7 Å². The Morgan fingerprint density at radius 3 is 2.49 bits per heavy atom. The fourth-order valence-corrected chi connectivity index (χ4v) is 7.63. The van der Waals surface area contributed by atoms with Gasteiger partial charge in [-0.3, -0.25) is 4.68 Å². The summed E-state index contributed by atoms with van der Waals surface area (Å²) in [6.07, 6.45) is 5.32. The standard InChI is InChI=1S/C32H45ClN8O3Si/c1-19-29(41-21-9-10-22(41)16-20(15-21)35-31(42)44-32(2,3)4)36-30-28(34-19)27(38-40(30)18-43-13-14-45(6,7)8)23-11-12-25-24(26(23)33)17-39(5)37-25/h11-12,17,20-22H,9-10,13-16,18H2,1-8H3,(H,35,42)/t20-,21+,22-. The van der Waals surface area contributed by atoms with Crippen LogP contribution in [-0.2, 0) is 23.3 Å². The normalized spacial score (nSPS) is 20.4. The van der Waals surface area contributed by atoms with Crippen LogP contribution in [0, 0.1) is 6.92 Å². The van der Waals surface area contributed by atoms with Crippen LogP contribution in [-0.4, -0.2) is 74.0 Å². The second-order valence-corrected chi connectivity index (χ2v) is 20.8. The van der Waals surface area contributed by atoms with Crippen LogP contribution in [0.15, 0.2) is 18.3 Å². The highest BCUT2D eigenvalue weighted by atomic mass is 35.5. The third-order valence-electron chi connectivity index (χ3n) is 8.62. The van der Waals surface area contributed by atoms with Crippen LogP contribution < -0.4 is 10.2 Å². The number of aryl methyl sites for hydroxylation is 2. The van der Waals surface area contributed by atoms with Crippen LogP contribution in [0.2, 0.25) is 30.7 Å². The summed E-state index contributed by atoms with van der Waals surface area (Å²) in [6, 6.07) is 5.55. The number of ether oxygens (including phenoxy) is 2. The quantitative estimate of drug-likeness (QED) is 0.166. The number of fused-ring (bicyclic) bond motifs is 4. The van der Waals surface area contributed by atoms with Gasteiger partial charge in [0.05, 0.1) is 16.2 Å². The summed E-state index contributed by atoms with van der Waals surface area (Å²) in [4.78, 5) is 25.4. The van der Waals surface area contributed by atoms with Crippen molar-refractivity contribution in [2.45, 2.75) is 110 Å². The lowest BCUT2D eigenvalue weighted by Gasteiger charge is -2.40. The average Bonchev–Trinajstić information content (AvgIpc) is 3.55. The summed E-state index contributed by atoms with van der Waals surface area (Å²) in [5.41, 5.74) is 3.99. The summed E-state index contributed by atoms with van der Waals surface area (Å²) in [5.74, 6) is 0.870. The molecular formula is C32H45ClN8O3Si. The predicted molar refractivity (Wildman–Crippen MR) is 181 cm³/mol. The number of nitrogens with one attached hydrogen (secondary N) is 1. The van der Waals surface area contributed by atoms with E-state index in [1.165, 1.54) is 0 Å². The number of carbonyl (C=O) groups excluding carboxylic acids is 1. The summed E-state index contributed by atoms with van der Waals surface area (Å²) in [7, 11) is 0.634. The number of rotatable bonds is 8. The molecule has 13 heteroatoms. The molecule has 0 aliphatic carbocycles. The Balaban J connectivity index is 1.34. The van der Waals surface area contributed by atoms with Crippen LogP contribution >= 0.6 is 11.6 Å². The molecule has 4 aromatic rings. The fourth-order valence-electron chi connectivity index (χ4n) is 6.58. The predicted octanol–water partition coefficient (Wildman–Crippen LogP) is 6.68. The number of aromatic nitrogens is 6. The van der Waals surface area contributed by atoms with Crippen LogP contribution in [0.5, 0.6) is 0 Å². The van der Waals surface area contributed by atoms with E-state index in [9.17, 15) is 4.79 Å². The summed E-state index contributed by atoms with van der Waals surface area (Å²) < 4.78 is 15.3. The zero-order valence-corrected chi connectivity index (χ0v) is 29.4. The molecule has 2 bridgehead atoms. The Labute approximate surface area is 270 Å². The van der Waals surface area contributed by atoms with Crippen molar-refractivity contribution in [2.24, 2.45) is 7.05 Å². The Morgan fingerprint density at radius 2 is 1.82 bits per heavy atom. The summed E-state index contributed by atoms with van der Waals surface area (Å²) >= 11 is 6.98. The zero-order chi connectivity index (χ0) is 32.3. The van der Waals surface area contributed by atoms with Crippen molar-refractivity contribution >= 4 is 53.7 Å². The molecule has 45 heavy (non-hydrogen) atoms. The number of carbonyl (C=O) groups is 1. The van der Waals surface area contributed by atoms with Crippen molar-refractivity contribution in [1.29, 1.82) is 0 Å². The van der Waals surface area contributed by atoms with E-state index in [-0.39, 0.29) is 30.9 Å². The number of halogens is 1. The molecule has 11 nitrogen and oxygen atoms in total. The number of hydrogen-bond acceptors (Lipinski definition) is 8. The van der Waals surface area contributed by atoms with E-state index in [0.717, 1.165) is 59.7 Å². The smallest absolute Gasteiger partial charge is 0.407 e. The molecular weight excluding hydrogens is 608 g/mol. The van der Waals surface area contributed by atoms with E-state index in [0.29, 0.717) is 28.5 Å². The number of alkyl carbamates (subject to hydrolysis) is 1. The van der Waals surface area contributed by atoms with Gasteiger partial charge in [0.1, 0.15) is 23.5 Å². The number of anilines is 1. The van der Waals surface area contributed by atoms with Crippen molar-refractivity contribution in [3.63, 3.8) is 0 Å². The maximum atomic E-state index is 12.5. The van der Waals surface area contributed by atoms with Crippen molar-refractivity contribution in [3.05, 3.63) is 29.0 Å². The van der Waals surface area contributed by atoms with E-state index in [1.54, 1.807) is 4.68 Å². The Hall–Kier alpha value is -3.22. The zero-order valence-electron chi connectivity index (χ0n) is 27.6. The van der Waals surface area contributed by atoms with Gasteiger partial charge < -0.3 is 19.7 Å². The molecule has 3 aromatic heterocycles. The van der Waals surface area contributed by atoms with Crippen molar-refractivity contribution < 1.29 is 14.3 Å². The largest absolute Gasteiger partial charge is 0.444 e. The van der Waals surface area contributed by atoms with Crippen LogP contribution in [0.3, 0.4) is 0 Å². The lowest BCUT2D eigenvalue weighted by Crippen LogP contribution is -2.51. The van der Waals surface area contributed by atoms with Crippen molar-refractivity contribution in [3.8, 4) is 11.3 Å². The van der Waals surface area contributed by atoms with Crippen molar-refractivity contribution in [1.82, 2.24) is 34.8 Å². The molecule has 2 aliphatic heterocycles. The minimum Gasteiger partial charge on any atom is -0.444 e. The molecule has 242 valence electrons. The number of nitrogens with zero attached hydrogens (tertiary/aromatic N) is 7. The SMILES string of the molecule is Cc1nc2c(-c3ccc4nn(C)cc4c3Cl)nn(COCC[Si](C)(C)C)c2nc1N1[C@@H]2CC[C@H]1C[C@@H](NC(=O)OC(C)(C)C)C2. The topological polar surface area (TPSA) is 112 Å². The molecule has 3 atom stereocenters. The third kappa shape index (κ3) is 6.68. The first kappa shape index (κ1) is 31.7. The molecule has 2 aliphatic rings. The number of hydrogen-bond donors (Lipinski definition) is 1. The number of amides is 1. The average molecular weight is 653 g/mol. The Morgan fingerprint density at radius 1 is 1.11 bits per heavy atom. The van der Waals surface area contributed by atoms with Gasteiger partial charge in [-0.15, -0.1) is 0 Å². The van der Waals surface area contributed by atoms with Gasteiger partial charge in [-0.05, 0) is 71.6 Å². The fraction of sp³-hybridized carbons (Fsp3) is 0.594. The molecule has 1 N–H and O–H groups in total. The Kier molecular flexibility index (Phi) is 8.36. The highest BCUT2D eigenvalue weighted by molar-refractivity contribution is 6.76. The van der Waals surface area contributed by atoms with Gasteiger partial charge in [0.25, 0.3) is 0 Å². The van der Waals surface area contributed by atoms with Crippen LogP contribution in [0.4, 0.5) is 10.6 Å². The van der Waals surface area contributed by atoms with Gasteiger partial charge in [-0.1, -0.05) is 31.2 Å². The van der Waals surface area contributed by atoms with Crippen molar-refractivity contribution in [2.75, 3.05) is 11.5 Å². The highest BCUT2D eigenvalue weighted by Crippen LogP contribution is 2.42. The third-order valence-corrected chi connectivity index (χ3v) is 10.7. The Bertz CT molecular complexity index is 1730. The van der Waals surface area contributed by atoms with Gasteiger partial charge >= 0.3 is 6.09 Å². The first-order chi connectivity index (χ1) is 21.2. The van der Waals surface area contributed by atoms with Crippen LogP contribution in [0.25, 0.3) is 33.3 Å². The van der Waals surface area contributed by atoms with E-state index in [2.05, 4.69) is 35.0 Å². The molecule has 0 saturated carbocycles. The van der Waals surface area contributed by atoms with E-state index >= 15 is 0 Å². The molecule has 0 radical (unpaired) electrons. The number of benzene rings is 1. The molecule has 6 rings (SSSR count). The second-order valence-electron chi connectivity index (χ2n) is 14.8. The summed E-state index contributed by atoms with van der Waals surface area (Å²) in [5, 5.41) is 14.1. The molecule has 5 heterocycles. The van der Waals surface area contributed by atoms with Crippen LogP contribution in [0.1, 0.15) is 52.1 Å². The molecule has 0 spiro atoms. The summed E-state index contributed by atoms with van der Waals surface area (Å²) in [6.45, 7) is 15.6. The second kappa shape index (κ2) is 11.9. The van der Waals surface area contributed by atoms with Gasteiger partial charge in [0.15, 0.2) is 11.5 Å². The molecule has 1 amide bonds. The minimum atomic E-state index is -1.25. The minimum absolute atomic E-state index is 0.0621. The maximum absolute atomic E-state index is 12.5. The van der Waals surface area contributed by atoms with Gasteiger partial charge in [-0.2, -0.15) is 10.2 Å². The number of piperidine rings is 1. The molecule has 1 aromatic carbocycles. The maximum Gasteiger partial charge on any atom is 0.407 e.